The van der Waals surface area contributed by atoms with Gasteiger partial charge < -0.3 is 4.74 Å². The molecule has 17 heavy (non-hydrogen) atoms. The van der Waals surface area contributed by atoms with Crippen molar-refractivity contribution in [2.24, 2.45) is 0 Å². The fraction of sp³-hybridized carbons (Fsp3) is 0.154. The van der Waals surface area contributed by atoms with Crippen LogP contribution in [0.1, 0.15) is 15.2 Å². The predicted molar refractivity (Wildman–Crippen MR) is 65.3 cm³/mol. The summed E-state index contributed by atoms with van der Waals surface area (Å²) in [5.74, 6) is -0.514. The Morgan fingerprint density at radius 1 is 1.35 bits per heavy atom. The molecule has 0 saturated carbocycles. The highest BCUT2D eigenvalue weighted by Gasteiger charge is 2.17. The van der Waals surface area contributed by atoms with E-state index in [9.17, 15) is 9.18 Å². The number of carbonyl (C=O) groups excluding carboxylic acids is 1. The average molecular weight is 250 g/mol. The second-order valence-corrected chi connectivity index (χ2v) is 4.53. The molecule has 1 aromatic heterocycles. The molecule has 1 heterocycles. The van der Waals surface area contributed by atoms with Crippen molar-refractivity contribution in [3.8, 4) is 5.75 Å². The van der Waals surface area contributed by atoms with Crippen LogP contribution in [0.25, 0.3) is 0 Å². The van der Waals surface area contributed by atoms with E-state index in [2.05, 4.69) is 0 Å². The molecule has 4 heteroatoms. The number of halogens is 1. The van der Waals surface area contributed by atoms with Crippen molar-refractivity contribution >= 4 is 17.1 Å². The van der Waals surface area contributed by atoms with Gasteiger partial charge in [0.25, 0.3) is 0 Å². The number of hydrogen-bond donors (Lipinski definition) is 0. The quantitative estimate of drug-likeness (QED) is 0.778. The van der Waals surface area contributed by atoms with Crippen LogP contribution < -0.4 is 4.74 Å². The molecule has 0 aliphatic heterocycles. The lowest BCUT2D eigenvalue weighted by Gasteiger charge is -2.07. The second kappa shape index (κ2) is 5.10. The Morgan fingerprint density at radius 3 is 2.82 bits per heavy atom. The largest absolute Gasteiger partial charge is 0.496 e. The average Bonchev–Trinajstić information content (AvgIpc) is 2.81. The Hall–Kier alpha value is -1.68. The van der Waals surface area contributed by atoms with Gasteiger partial charge in [0, 0.05) is 11.3 Å². The highest BCUT2D eigenvalue weighted by molar-refractivity contribution is 7.10. The fourth-order valence-corrected chi connectivity index (χ4v) is 2.31. The molecule has 2 nitrogen and oxygen atoms in total. The van der Waals surface area contributed by atoms with Crippen molar-refractivity contribution in [2.75, 3.05) is 7.11 Å². The third kappa shape index (κ3) is 2.53. The maximum absolute atomic E-state index is 13.6. The van der Waals surface area contributed by atoms with E-state index in [1.54, 1.807) is 6.07 Å². The van der Waals surface area contributed by atoms with Crippen LogP contribution in [0, 0.1) is 5.82 Å². The number of benzene rings is 1. The van der Waals surface area contributed by atoms with E-state index in [1.165, 1.54) is 30.6 Å². The minimum Gasteiger partial charge on any atom is -0.496 e. The summed E-state index contributed by atoms with van der Waals surface area (Å²) in [6.45, 7) is 0. The van der Waals surface area contributed by atoms with E-state index in [0.29, 0.717) is 0 Å². The Labute approximate surface area is 103 Å². The lowest BCUT2D eigenvalue weighted by molar-refractivity contribution is 0.0987. The summed E-state index contributed by atoms with van der Waals surface area (Å²) < 4.78 is 18.6. The van der Waals surface area contributed by atoms with Gasteiger partial charge in [0.1, 0.15) is 11.6 Å². The zero-order valence-corrected chi connectivity index (χ0v) is 10.1. The van der Waals surface area contributed by atoms with Gasteiger partial charge in [-0.3, -0.25) is 4.79 Å². The molecule has 0 aliphatic rings. The molecule has 0 bridgehead atoms. The maximum atomic E-state index is 13.6. The molecule has 0 fully saturated rings. The molecule has 88 valence electrons. The summed E-state index contributed by atoms with van der Waals surface area (Å²) in [6.07, 6.45) is 0.203. The van der Waals surface area contributed by atoms with Crippen LogP contribution in [0.4, 0.5) is 4.39 Å². The first-order valence-corrected chi connectivity index (χ1v) is 5.98. The maximum Gasteiger partial charge on any atom is 0.174 e. The first-order chi connectivity index (χ1) is 8.22. The molecule has 1 aromatic carbocycles. The fourth-order valence-electron chi connectivity index (χ4n) is 1.60. The molecule has 0 spiro atoms. The van der Waals surface area contributed by atoms with Crippen LogP contribution in [0.2, 0.25) is 0 Å². The van der Waals surface area contributed by atoms with Gasteiger partial charge in [-0.25, -0.2) is 4.39 Å². The lowest BCUT2D eigenvalue weighted by atomic mass is 10.1. The molecule has 0 amide bonds. The Morgan fingerprint density at radius 2 is 2.18 bits per heavy atom. The van der Waals surface area contributed by atoms with E-state index in [1.807, 2.05) is 17.5 Å². The van der Waals surface area contributed by atoms with Gasteiger partial charge in [-0.05, 0) is 23.6 Å². The summed E-state index contributed by atoms with van der Waals surface area (Å²) in [6, 6.07) is 8.10. The van der Waals surface area contributed by atoms with E-state index in [-0.39, 0.29) is 23.5 Å². The molecule has 0 N–H and O–H groups in total. The number of methoxy groups -OCH3 is 1. The highest BCUT2D eigenvalue weighted by Crippen LogP contribution is 2.23. The van der Waals surface area contributed by atoms with Gasteiger partial charge in [0.05, 0.1) is 12.7 Å². The van der Waals surface area contributed by atoms with Crippen LogP contribution in [-0.2, 0) is 6.42 Å². The SMILES string of the molecule is COc1cccc(F)c1C(=O)Cc1cccs1. The zero-order chi connectivity index (χ0) is 12.3. The molecule has 2 rings (SSSR count). The van der Waals surface area contributed by atoms with Crippen molar-refractivity contribution in [1.29, 1.82) is 0 Å². The van der Waals surface area contributed by atoms with E-state index >= 15 is 0 Å². The molecule has 2 aromatic rings. The van der Waals surface area contributed by atoms with Gasteiger partial charge in [-0.1, -0.05) is 12.1 Å². The monoisotopic (exact) mass is 250 g/mol. The molecule has 0 saturated heterocycles. The summed E-state index contributed by atoms with van der Waals surface area (Å²) in [7, 11) is 1.43. The van der Waals surface area contributed by atoms with Gasteiger partial charge in [-0.2, -0.15) is 0 Å². The third-order valence-corrected chi connectivity index (χ3v) is 3.27. The molecule has 0 atom stereocenters. The minimum atomic E-state index is -0.536. The number of ether oxygens (including phenoxy) is 1. The molecule has 0 radical (unpaired) electrons. The minimum absolute atomic E-state index is 0.0309. The van der Waals surface area contributed by atoms with Crippen molar-refractivity contribution in [2.45, 2.75) is 6.42 Å². The Kier molecular flexibility index (Phi) is 3.54. The Bertz CT molecular complexity index is 520. The number of carbonyl (C=O) groups is 1. The lowest BCUT2D eigenvalue weighted by Crippen LogP contribution is -2.07. The van der Waals surface area contributed by atoms with Gasteiger partial charge in [0.2, 0.25) is 0 Å². The molecule has 0 unspecified atom stereocenters. The standard InChI is InChI=1S/C13H11FO2S/c1-16-12-6-2-5-10(14)13(12)11(15)8-9-4-3-7-17-9/h2-7H,8H2,1H3. The predicted octanol–water partition coefficient (Wildman–Crippen LogP) is 3.32. The summed E-state index contributed by atoms with van der Waals surface area (Å²) in [5.41, 5.74) is 0.0309. The van der Waals surface area contributed by atoms with Gasteiger partial charge in [0.15, 0.2) is 5.78 Å². The summed E-state index contributed by atoms with van der Waals surface area (Å²) in [4.78, 5) is 12.9. The number of rotatable bonds is 4. The van der Waals surface area contributed by atoms with Crippen LogP contribution >= 0.6 is 11.3 Å². The number of thiophene rings is 1. The Balaban J connectivity index is 2.30. The second-order valence-electron chi connectivity index (χ2n) is 3.50. The van der Waals surface area contributed by atoms with E-state index in [4.69, 9.17) is 4.74 Å². The zero-order valence-electron chi connectivity index (χ0n) is 9.27. The highest BCUT2D eigenvalue weighted by atomic mass is 32.1. The van der Waals surface area contributed by atoms with Crippen molar-refractivity contribution in [3.63, 3.8) is 0 Å². The molecular weight excluding hydrogens is 239 g/mol. The topological polar surface area (TPSA) is 26.3 Å². The summed E-state index contributed by atoms with van der Waals surface area (Å²) >= 11 is 1.48. The normalized spacial score (nSPS) is 10.2. The van der Waals surface area contributed by atoms with Crippen LogP contribution in [0.3, 0.4) is 0 Å². The van der Waals surface area contributed by atoms with Crippen molar-refractivity contribution in [3.05, 3.63) is 52.0 Å². The smallest absolute Gasteiger partial charge is 0.174 e. The van der Waals surface area contributed by atoms with E-state index in [0.717, 1.165) is 4.88 Å². The first kappa shape index (κ1) is 11.8. The molecule has 0 aliphatic carbocycles. The van der Waals surface area contributed by atoms with Crippen molar-refractivity contribution < 1.29 is 13.9 Å². The van der Waals surface area contributed by atoms with Crippen molar-refractivity contribution in [1.82, 2.24) is 0 Å². The van der Waals surface area contributed by atoms with E-state index < -0.39 is 5.82 Å². The summed E-state index contributed by atoms with van der Waals surface area (Å²) in [5, 5.41) is 1.89. The van der Waals surface area contributed by atoms with Gasteiger partial charge in [-0.15, -0.1) is 11.3 Å². The number of Topliss-reactive ketones (excluding diaryl/α,β-unsaturated/α-hetero) is 1. The van der Waals surface area contributed by atoms with Crippen LogP contribution in [0.15, 0.2) is 35.7 Å². The third-order valence-electron chi connectivity index (χ3n) is 2.39. The van der Waals surface area contributed by atoms with Gasteiger partial charge >= 0.3 is 0 Å². The van der Waals surface area contributed by atoms with Crippen LogP contribution in [-0.4, -0.2) is 12.9 Å². The van der Waals surface area contributed by atoms with Crippen LogP contribution in [0.5, 0.6) is 5.75 Å². The number of ketones is 1. The number of hydrogen-bond acceptors (Lipinski definition) is 3. The first-order valence-electron chi connectivity index (χ1n) is 5.10. The molecular formula is C13H11FO2S.